The van der Waals surface area contributed by atoms with Crippen LogP contribution in [0.2, 0.25) is 0 Å². The van der Waals surface area contributed by atoms with Gasteiger partial charge in [-0.2, -0.15) is 0 Å². The van der Waals surface area contributed by atoms with Crippen molar-refractivity contribution in [3.8, 4) is 0 Å². The Morgan fingerprint density at radius 2 is 0.955 bits per heavy atom. The first-order chi connectivity index (χ1) is 10.7. The third kappa shape index (κ3) is 16.3. The van der Waals surface area contributed by atoms with Gasteiger partial charge >= 0.3 is 0 Å². The minimum atomic E-state index is 0.196. The highest BCUT2D eigenvalue weighted by atomic mass is 16.5. The molecule has 1 unspecified atom stereocenters. The van der Waals surface area contributed by atoms with Gasteiger partial charge in [0.1, 0.15) is 0 Å². The Kier molecular flexibility index (Phi) is 17.2. The molecule has 0 saturated heterocycles. The summed E-state index contributed by atoms with van der Waals surface area (Å²) >= 11 is 0. The van der Waals surface area contributed by atoms with E-state index in [0.29, 0.717) is 0 Å². The van der Waals surface area contributed by atoms with Crippen molar-refractivity contribution in [3.05, 3.63) is 5.21 Å². The highest BCUT2D eigenvalue weighted by Crippen LogP contribution is 2.14. The maximum absolute atomic E-state index is 11.0. The summed E-state index contributed by atoms with van der Waals surface area (Å²) in [6.45, 7) is 4.31. The van der Waals surface area contributed by atoms with Crippen molar-refractivity contribution in [2.24, 2.45) is 0 Å². The zero-order chi connectivity index (χ0) is 16.5. The average Bonchev–Trinajstić information content (AvgIpc) is 2.50. The molecule has 1 atom stereocenters. The van der Waals surface area contributed by atoms with Gasteiger partial charge in [-0.25, -0.2) is 0 Å². The van der Waals surface area contributed by atoms with Crippen molar-refractivity contribution < 1.29 is 0 Å². The van der Waals surface area contributed by atoms with E-state index in [1.54, 1.807) is 7.05 Å². The zero-order valence-corrected chi connectivity index (χ0v) is 15.7. The molecule has 0 N–H and O–H groups in total. The molecule has 0 aromatic rings. The number of hydrogen-bond acceptors (Lipinski definition) is 2. The second kappa shape index (κ2) is 17.3. The van der Waals surface area contributed by atoms with Crippen molar-refractivity contribution in [3.63, 3.8) is 0 Å². The molecule has 0 aliphatic carbocycles. The van der Waals surface area contributed by atoms with E-state index < -0.39 is 0 Å². The normalized spacial score (nSPS) is 13.0. The number of unbranched alkanes of at least 4 members (excludes halogenated alkanes) is 14. The van der Waals surface area contributed by atoms with Crippen LogP contribution < -0.4 is 0 Å². The maximum Gasteiger partial charge on any atom is -0.00570 e. The van der Waals surface area contributed by atoms with Crippen LogP contribution in [0, 0.1) is 5.21 Å². The van der Waals surface area contributed by atoms with Crippen LogP contribution in [0.15, 0.2) is 0 Å². The topological polar surface area (TPSA) is 26.3 Å². The molecule has 22 heavy (non-hydrogen) atoms. The minimum Gasteiger partial charge on any atom is -0.785 e. The minimum absolute atomic E-state index is 0.196. The number of hydrogen-bond donors (Lipinski definition) is 0. The van der Waals surface area contributed by atoms with Crippen LogP contribution in [0.4, 0.5) is 0 Å². The fourth-order valence-electron chi connectivity index (χ4n) is 2.99. The van der Waals surface area contributed by atoms with Crippen molar-refractivity contribution in [1.82, 2.24) is 5.06 Å². The predicted octanol–water partition coefficient (Wildman–Crippen LogP) is 7.07. The first kappa shape index (κ1) is 21.9. The van der Waals surface area contributed by atoms with Gasteiger partial charge in [0.05, 0.1) is 0 Å². The quantitative estimate of drug-likeness (QED) is 0.212. The van der Waals surface area contributed by atoms with Gasteiger partial charge in [0.25, 0.3) is 0 Å². The molecule has 2 nitrogen and oxygen atoms in total. The standard InChI is InChI=1S/C20H42NO/c1-4-5-6-7-8-9-10-11-12-13-14-15-16-17-18-19-20(2)21(3)22/h20H,4-19H2,1-3H3/q-1. The molecular weight excluding hydrogens is 270 g/mol. The van der Waals surface area contributed by atoms with E-state index in [-0.39, 0.29) is 6.04 Å². The van der Waals surface area contributed by atoms with E-state index in [4.69, 9.17) is 0 Å². The Hall–Kier alpha value is -0.0800. The smallest absolute Gasteiger partial charge is 0.00570 e. The third-order valence-electron chi connectivity index (χ3n) is 4.85. The van der Waals surface area contributed by atoms with Crippen LogP contribution >= 0.6 is 0 Å². The molecule has 0 radical (unpaired) electrons. The first-order valence-corrected chi connectivity index (χ1v) is 10.1. The molecule has 0 aliphatic rings. The Morgan fingerprint density at radius 1 is 0.636 bits per heavy atom. The molecular formula is C20H42NO-. The first-order valence-electron chi connectivity index (χ1n) is 10.1. The van der Waals surface area contributed by atoms with E-state index in [2.05, 4.69) is 6.92 Å². The molecule has 0 rings (SSSR count). The lowest BCUT2D eigenvalue weighted by molar-refractivity contribution is 0.325. The van der Waals surface area contributed by atoms with Gasteiger partial charge in [-0.05, 0) is 19.5 Å². The van der Waals surface area contributed by atoms with E-state index in [1.807, 2.05) is 6.92 Å². The molecule has 0 saturated carbocycles. The Morgan fingerprint density at radius 3 is 1.27 bits per heavy atom. The van der Waals surface area contributed by atoms with Crippen LogP contribution in [0.25, 0.3) is 0 Å². The van der Waals surface area contributed by atoms with Crippen LogP contribution in [-0.4, -0.2) is 18.2 Å². The van der Waals surface area contributed by atoms with Gasteiger partial charge < -0.3 is 10.3 Å². The fourth-order valence-corrected chi connectivity index (χ4v) is 2.99. The van der Waals surface area contributed by atoms with E-state index in [9.17, 15) is 5.21 Å². The highest BCUT2D eigenvalue weighted by Gasteiger charge is 1.99. The Balaban J connectivity index is 3.03. The fraction of sp³-hybridized carbons (Fsp3) is 1.00. The average molecular weight is 313 g/mol. The Bertz CT molecular complexity index is 206. The predicted molar refractivity (Wildman–Crippen MR) is 100 cm³/mol. The molecule has 0 spiro atoms. The van der Waals surface area contributed by atoms with Crippen molar-refractivity contribution in [1.29, 1.82) is 0 Å². The summed E-state index contributed by atoms with van der Waals surface area (Å²) in [4.78, 5) is 0. The molecule has 0 fully saturated rings. The van der Waals surface area contributed by atoms with Crippen molar-refractivity contribution in [2.75, 3.05) is 7.05 Å². The Labute approximate surface area is 140 Å². The van der Waals surface area contributed by atoms with Crippen LogP contribution in [-0.2, 0) is 0 Å². The number of rotatable bonds is 17. The molecule has 0 aromatic carbocycles. The van der Waals surface area contributed by atoms with E-state index in [1.165, 1.54) is 96.3 Å². The largest absolute Gasteiger partial charge is 0.785 e. The number of nitrogens with zero attached hydrogens (tertiary/aromatic N) is 1. The molecule has 0 aromatic heterocycles. The maximum atomic E-state index is 11.0. The zero-order valence-electron chi connectivity index (χ0n) is 15.7. The molecule has 0 heterocycles. The van der Waals surface area contributed by atoms with Gasteiger partial charge in [0, 0.05) is 0 Å². The monoisotopic (exact) mass is 312 g/mol. The number of hydroxylamine groups is 2. The highest BCUT2D eigenvalue weighted by molar-refractivity contribution is 4.62. The molecule has 0 aliphatic heterocycles. The van der Waals surface area contributed by atoms with Gasteiger partial charge in [-0.1, -0.05) is 110 Å². The second-order valence-corrected chi connectivity index (χ2v) is 7.13. The summed E-state index contributed by atoms with van der Waals surface area (Å²) in [6, 6.07) is 0.196. The second-order valence-electron chi connectivity index (χ2n) is 7.13. The summed E-state index contributed by atoms with van der Waals surface area (Å²) in [5, 5.41) is 12.1. The van der Waals surface area contributed by atoms with Crippen molar-refractivity contribution >= 4 is 0 Å². The molecule has 0 bridgehead atoms. The molecule has 0 amide bonds. The third-order valence-corrected chi connectivity index (χ3v) is 4.85. The van der Waals surface area contributed by atoms with Crippen LogP contribution in [0.3, 0.4) is 0 Å². The van der Waals surface area contributed by atoms with Gasteiger partial charge in [0.15, 0.2) is 0 Å². The molecule has 134 valence electrons. The summed E-state index contributed by atoms with van der Waals surface area (Å²) in [5.74, 6) is 0. The summed E-state index contributed by atoms with van der Waals surface area (Å²) in [7, 11) is 1.63. The lowest BCUT2D eigenvalue weighted by Gasteiger charge is -2.30. The van der Waals surface area contributed by atoms with E-state index >= 15 is 0 Å². The summed E-state index contributed by atoms with van der Waals surface area (Å²) < 4.78 is 0. The lowest BCUT2D eigenvalue weighted by atomic mass is 10.0. The summed E-state index contributed by atoms with van der Waals surface area (Å²) in [6.07, 6.45) is 22.1. The van der Waals surface area contributed by atoms with Crippen LogP contribution in [0.5, 0.6) is 0 Å². The molecule has 2 heteroatoms. The SMILES string of the molecule is CCCCCCCCCCCCCCCCCC(C)N(C)[O-]. The van der Waals surface area contributed by atoms with Crippen LogP contribution in [0.1, 0.15) is 117 Å². The van der Waals surface area contributed by atoms with E-state index in [0.717, 1.165) is 11.5 Å². The van der Waals surface area contributed by atoms with Gasteiger partial charge in [-0.15, -0.1) is 0 Å². The van der Waals surface area contributed by atoms with Gasteiger partial charge in [-0.3, -0.25) is 0 Å². The lowest BCUT2D eigenvalue weighted by Crippen LogP contribution is -2.22. The summed E-state index contributed by atoms with van der Waals surface area (Å²) in [5.41, 5.74) is 0. The van der Waals surface area contributed by atoms with Crippen molar-refractivity contribution in [2.45, 2.75) is 123 Å². The van der Waals surface area contributed by atoms with Gasteiger partial charge in [0.2, 0.25) is 0 Å².